The van der Waals surface area contributed by atoms with Crippen LogP contribution in [-0.4, -0.2) is 60.4 Å². The van der Waals surface area contributed by atoms with Crippen LogP contribution in [0.3, 0.4) is 0 Å². The summed E-state index contributed by atoms with van der Waals surface area (Å²) in [6, 6.07) is 14.9. The largest absolute Gasteiger partial charge is 0.477 e. The summed E-state index contributed by atoms with van der Waals surface area (Å²) in [5.41, 5.74) is 1.94. The monoisotopic (exact) mass is 489 g/mol. The molecule has 2 aromatic heterocycles. The van der Waals surface area contributed by atoms with Crippen molar-refractivity contribution in [2.24, 2.45) is 11.8 Å². The first kappa shape index (κ1) is 23.7. The first-order valence-electron chi connectivity index (χ1n) is 13.9. The third-order valence-electron chi connectivity index (χ3n) is 8.38. The van der Waals surface area contributed by atoms with E-state index in [2.05, 4.69) is 44.5 Å². The van der Waals surface area contributed by atoms with Crippen LogP contribution in [0.1, 0.15) is 50.6 Å². The number of nitrogens with zero attached hydrogens (tertiary/aromatic N) is 4. The van der Waals surface area contributed by atoms with Crippen LogP contribution in [-0.2, 0) is 6.54 Å². The molecule has 36 heavy (non-hydrogen) atoms. The molecule has 0 bridgehead atoms. The molecule has 1 saturated carbocycles. The lowest BCUT2D eigenvalue weighted by Crippen LogP contribution is -2.57. The van der Waals surface area contributed by atoms with Crippen molar-refractivity contribution in [2.45, 2.75) is 57.5 Å². The second-order valence-corrected chi connectivity index (χ2v) is 11.0. The van der Waals surface area contributed by atoms with Gasteiger partial charge in [-0.3, -0.25) is 4.90 Å². The molecule has 0 unspecified atom stereocenters. The highest BCUT2D eigenvalue weighted by Crippen LogP contribution is 2.31. The number of benzene rings is 1. The van der Waals surface area contributed by atoms with E-state index in [1.54, 1.807) is 0 Å². The summed E-state index contributed by atoms with van der Waals surface area (Å²) in [5, 5.41) is 9.12. The van der Waals surface area contributed by atoms with Gasteiger partial charge >= 0.3 is 0 Å². The number of piperidine rings is 1. The van der Waals surface area contributed by atoms with E-state index in [1.807, 2.05) is 18.2 Å². The van der Waals surface area contributed by atoms with Gasteiger partial charge in [-0.15, -0.1) is 0 Å². The Hall–Kier alpha value is -2.64. The summed E-state index contributed by atoms with van der Waals surface area (Å²) >= 11 is 0. The van der Waals surface area contributed by atoms with E-state index in [0.717, 1.165) is 80.2 Å². The normalized spacial score (nSPS) is 23.6. The number of nitrogens with one attached hydrogen (secondary N) is 1. The fourth-order valence-corrected chi connectivity index (χ4v) is 6.32. The molecule has 7 nitrogen and oxygen atoms in total. The van der Waals surface area contributed by atoms with E-state index >= 15 is 0 Å². The number of anilines is 1. The molecule has 7 heteroatoms. The predicted molar refractivity (Wildman–Crippen MR) is 142 cm³/mol. The lowest BCUT2D eigenvalue weighted by atomic mass is 9.89. The highest BCUT2D eigenvalue weighted by Gasteiger charge is 2.34. The van der Waals surface area contributed by atoms with Crippen molar-refractivity contribution in [3.8, 4) is 5.88 Å². The number of pyridine rings is 1. The summed E-state index contributed by atoms with van der Waals surface area (Å²) in [4.78, 5) is 9.82. The number of hydrogen-bond donors (Lipinski definition) is 1. The van der Waals surface area contributed by atoms with Gasteiger partial charge in [0.2, 0.25) is 5.88 Å². The van der Waals surface area contributed by atoms with E-state index in [9.17, 15) is 0 Å². The molecule has 1 aromatic carbocycles. The number of ether oxygens (including phenoxy) is 1. The van der Waals surface area contributed by atoms with Gasteiger partial charge in [0.25, 0.3) is 0 Å². The maximum Gasteiger partial charge on any atom is 0.213 e. The predicted octanol–water partition coefficient (Wildman–Crippen LogP) is 4.87. The molecule has 2 atom stereocenters. The van der Waals surface area contributed by atoms with E-state index in [0.29, 0.717) is 12.0 Å². The number of piperazine rings is 1. The third kappa shape index (κ3) is 5.52. The topological polar surface area (TPSA) is 66.7 Å². The maximum atomic E-state index is 6.19. The molecule has 1 aliphatic carbocycles. The average molecular weight is 490 g/mol. The Kier molecular flexibility index (Phi) is 7.37. The Bertz CT molecular complexity index is 1130. The Labute approximate surface area is 214 Å². The molecule has 0 amide bonds. The second kappa shape index (κ2) is 11.2. The number of fused-ring (bicyclic) bond motifs is 2. The second-order valence-electron chi connectivity index (χ2n) is 11.0. The molecule has 1 N–H and O–H groups in total. The first-order chi connectivity index (χ1) is 17.8. The highest BCUT2D eigenvalue weighted by atomic mass is 16.5. The molecule has 4 heterocycles. The lowest BCUT2D eigenvalue weighted by molar-refractivity contribution is 0.0716. The molecule has 3 aromatic rings. The molecule has 0 spiro atoms. The number of rotatable bonds is 8. The van der Waals surface area contributed by atoms with Gasteiger partial charge in [-0.05, 0) is 56.3 Å². The highest BCUT2D eigenvalue weighted by molar-refractivity contribution is 5.88. The summed E-state index contributed by atoms with van der Waals surface area (Å²) < 4.78 is 11.7. The smallest absolute Gasteiger partial charge is 0.213 e. The van der Waals surface area contributed by atoms with Gasteiger partial charge in [0.15, 0.2) is 11.4 Å². The minimum Gasteiger partial charge on any atom is -0.477 e. The van der Waals surface area contributed by atoms with Crippen molar-refractivity contribution in [1.29, 1.82) is 0 Å². The van der Waals surface area contributed by atoms with Crippen LogP contribution >= 0.6 is 0 Å². The molecule has 2 aliphatic heterocycles. The molecule has 2 saturated heterocycles. The van der Waals surface area contributed by atoms with Crippen LogP contribution in [0.15, 0.2) is 47.0 Å². The van der Waals surface area contributed by atoms with Crippen LogP contribution in [0.2, 0.25) is 0 Å². The molecule has 6 rings (SSSR count). The average Bonchev–Trinajstić information content (AvgIpc) is 3.37. The van der Waals surface area contributed by atoms with Gasteiger partial charge in [-0.1, -0.05) is 42.6 Å². The molecule has 3 aliphatic rings. The fourth-order valence-electron chi connectivity index (χ4n) is 6.32. The van der Waals surface area contributed by atoms with Gasteiger partial charge < -0.3 is 19.5 Å². The van der Waals surface area contributed by atoms with E-state index in [-0.39, 0.29) is 0 Å². The Morgan fingerprint density at radius 3 is 2.78 bits per heavy atom. The molecule has 3 fully saturated rings. The van der Waals surface area contributed by atoms with Crippen molar-refractivity contribution in [1.82, 2.24) is 20.4 Å². The Morgan fingerprint density at radius 1 is 0.917 bits per heavy atom. The zero-order chi connectivity index (χ0) is 24.2. The minimum absolute atomic E-state index is 0.551. The molecular formula is C29H39N5O2. The molecule has 192 valence electrons. The van der Waals surface area contributed by atoms with E-state index in [4.69, 9.17) is 14.2 Å². The third-order valence-corrected chi connectivity index (χ3v) is 8.38. The van der Waals surface area contributed by atoms with Crippen LogP contribution in [0, 0.1) is 11.8 Å². The van der Waals surface area contributed by atoms with Gasteiger partial charge in [0.1, 0.15) is 0 Å². The van der Waals surface area contributed by atoms with Crippen LogP contribution in [0.25, 0.3) is 11.0 Å². The standard InChI is InChI=1S/C29H39N5O2/c1-2-7-22(8-3-1)17-30-18-24-9-6-12-28(31-24)35-21-23-13-14-25-20-34(16-15-33(25)19-23)29-26-10-4-5-11-27(26)36-32-29/h4-6,9-12,22-23,25,30H,1-3,7-8,13-21H2/t23-,25+/m1/s1. The first-order valence-corrected chi connectivity index (χ1v) is 13.9. The lowest BCUT2D eigenvalue weighted by Gasteiger charge is -2.46. The fraction of sp³-hybridized carbons (Fsp3) is 0.586. The van der Waals surface area contributed by atoms with Crippen LogP contribution in [0.4, 0.5) is 5.82 Å². The summed E-state index contributed by atoms with van der Waals surface area (Å²) in [6.07, 6.45) is 9.33. The quantitative estimate of drug-likeness (QED) is 0.484. The molecular weight excluding hydrogens is 450 g/mol. The van der Waals surface area contributed by atoms with Crippen molar-refractivity contribution >= 4 is 16.8 Å². The maximum absolute atomic E-state index is 6.19. The zero-order valence-corrected chi connectivity index (χ0v) is 21.3. The van der Waals surface area contributed by atoms with Crippen molar-refractivity contribution in [3.63, 3.8) is 0 Å². The van der Waals surface area contributed by atoms with E-state index < -0.39 is 0 Å². The number of hydrogen-bond acceptors (Lipinski definition) is 7. The van der Waals surface area contributed by atoms with Gasteiger partial charge in [-0.2, -0.15) is 0 Å². The zero-order valence-electron chi connectivity index (χ0n) is 21.3. The van der Waals surface area contributed by atoms with Gasteiger partial charge in [0, 0.05) is 50.7 Å². The Morgan fingerprint density at radius 2 is 1.83 bits per heavy atom. The van der Waals surface area contributed by atoms with Crippen molar-refractivity contribution < 1.29 is 9.26 Å². The van der Waals surface area contributed by atoms with E-state index in [1.165, 1.54) is 44.9 Å². The van der Waals surface area contributed by atoms with Crippen molar-refractivity contribution in [2.75, 3.05) is 44.2 Å². The number of aromatic nitrogens is 2. The summed E-state index contributed by atoms with van der Waals surface area (Å²) in [5.74, 6) is 3.15. The SMILES string of the molecule is c1cc(CNCC2CCCCC2)nc(OC[C@@H]2CC[C@H]3CN(c4noc5ccccc45)CCN3C2)c1. The van der Waals surface area contributed by atoms with Crippen LogP contribution in [0.5, 0.6) is 5.88 Å². The van der Waals surface area contributed by atoms with Crippen LogP contribution < -0.4 is 15.0 Å². The summed E-state index contributed by atoms with van der Waals surface area (Å²) in [6.45, 7) is 6.83. The van der Waals surface area contributed by atoms with Gasteiger partial charge in [0.05, 0.1) is 17.7 Å². The van der Waals surface area contributed by atoms with Crippen molar-refractivity contribution in [3.05, 3.63) is 48.2 Å². The minimum atomic E-state index is 0.551. The number of para-hydroxylation sites is 1. The van der Waals surface area contributed by atoms with Gasteiger partial charge in [-0.25, -0.2) is 4.98 Å². The summed E-state index contributed by atoms with van der Waals surface area (Å²) in [7, 11) is 0. The Balaban J connectivity index is 0.965. The molecule has 0 radical (unpaired) electrons.